The first-order valence-corrected chi connectivity index (χ1v) is 12.6. The predicted molar refractivity (Wildman–Crippen MR) is 146 cm³/mol. The normalized spacial score (nSPS) is 25.7. The smallest absolute Gasteiger partial charge is 0.0859 e. The van der Waals surface area contributed by atoms with Gasteiger partial charge in [-0.1, -0.05) is 42.1 Å². The fraction of sp³-hybridized carbons (Fsp3) is 0.346. The largest absolute Gasteiger partial charge is 0.390 e. The minimum atomic E-state index is -0.661. The van der Waals surface area contributed by atoms with Crippen molar-refractivity contribution in [3.05, 3.63) is 78.6 Å². The van der Waals surface area contributed by atoms with Crippen LogP contribution in [0.25, 0.3) is 10.5 Å². The maximum atomic E-state index is 10.1. The molecule has 1 saturated carbocycles. The standard InChI is InChI=1S/C24H28N4OS2.C2H4/c1-16(30-15-26-3)22-28-12-20(21(31-22)18-5-4-10-27-11-18)17-6-8-19(9-7-17)24(25)13-23(2,29)14-24;1-2/h4-11,15-16,29H,12-14,25H2,1-3H3;1-2H2. The molecular weight excluding hydrogens is 448 g/mol. The number of nitrogens with zero attached hydrogens (tertiary/aromatic N) is 3. The van der Waals surface area contributed by atoms with Gasteiger partial charge in [-0.2, -0.15) is 0 Å². The molecule has 0 bridgehead atoms. The van der Waals surface area contributed by atoms with Crippen LogP contribution in [0.2, 0.25) is 0 Å². The van der Waals surface area contributed by atoms with Gasteiger partial charge in [-0.15, -0.1) is 24.9 Å². The molecule has 0 spiro atoms. The Hall–Kier alpha value is -2.19. The van der Waals surface area contributed by atoms with Crippen LogP contribution in [0.5, 0.6) is 0 Å². The van der Waals surface area contributed by atoms with Crippen LogP contribution in [0.15, 0.2) is 71.9 Å². The van der Waals surface area contributed by atoms with Crippen molar-refractivity contribution in [3.63, 3.8) is 0 Å². The minimum Gasteiger partial charge on any atom is -0.390 e. The highest BCUT2D eigenvalue weighted by Crippen LogP contribution is 2.47. The highest BCUT2D eigenvalue weighted by Gasteiger charge is 2.49. The van der Waals surface area contributed by atoms with E-state index in [0.717, 1.165) is 21.7 Å². The number of nitrogens with two attached hydrogens (primary N) is 1. The van der Waals surface area contributed by atoms with Gasteiger partial charge < -0.3 is 10.8 Å². The summed E-state index contributed by atoms with van der Waals surface area (Å²) in [6.07, 6.45) is 4.88. The number of hydrogen-bond donors (Lipinski definition) is 2. The summed E-state index contributed by atoms with van der Waals surface area (Å²) in [7, 11) is 1.79. The maximum absolute atomic E-state index is 10.1. The van der Waals surface area contributed by atoms with E-state index in [2.05, 4.69) is 60.4 Å². The number of hydrogen-bond acceptors (Lipinski definition) is 7. The van der Waals surface area contributed by atoms with Crippen molar-refractivity contribution in [1.29, 1.82) is 0 Å². The second-order valence-electron chi connectivity index (χ2n) is 8.53. The van der Waals surface area contributed by atoms with Crippen molar-refractivity contribution in [2.75, 3.05) is 13.6 Å². The Morgan fingerprint density at radius 1 is 1.21 bits per heavy atom. The van der Waals surface area contributed by atoms with Gasteiger partial charge in [0.15, 0.2) is 0 Å². The number of pyridine rings is 1. The molecule has 0 radical (unpaired) electrons. The zero-order valence-corrected chi connectivity index (χ0v) is 21.1. The minimum absolute atomic E-state index is 0.243. The van der Waals surface area contributed by atoms with Crippen LogP contribution in [0.4, 0.5) is 0 Å². The van der Waals surface area contributed by atoms with E-state index in [4.69, 9.17) is 10.7 Å². The van der Waals surface area contributed by atoms with E-state index in [1.807, 2.05) is 24.7 Å². The summed E-state index contributed by atoms with van der Waals surface area (Å²) >= 11 is 3.40. The van der Waals surface area contributed by atoms with Crippen molar-refractivity contribution in [2.24, 2.45) is 15.7 Å². The molecule has 174 valence electrons. The number of thioether (sulfide) groups is 2. The molecule has 7 heteroatoms. The average molecular weight is 481 g/mol. The van der Waals surface area contributed by atoms with Crippen molar-refractivity contribution < 1.29 is 5.11 Å². The van der Waals surface area contributed by atoms with Gasteiger partial charge in [0.2, 0.25) is 0 Å². The molecule has 1 aliphatic carbocycles. The van der Waals surface area contributed by atoms with Crippen LogP contribution in [-0.4, -0.2) is 45.1 Å². The SMILES string of the molecule is C=C.CN=CSC(C)C1=NCC(c2ccc(C3(N)CC(C)(O)C3)cc2)=C(c2cccnc2)S1. The van der Waals surface area contributed by atoms with Gasteiger partial charge in [0.1, 0.15) is 0 Å². The van der Waals surface area contributed by atoms with Gasteiger partial charge in [-0.05, 0) is 49.5 Å². The van der Waals surface area contributed by atoms with E-state index >= 15 is 0 Å². The van der Waals surface area contributed by atoms with Crippen LogP contribution in [0.3, 0.4) is 0 Å². The summed E-state index contributed by atoms with van der Waals surface area (Å²) in [5, 5.41) is 11.5. The third-order valence-corrected chi connectivity index (χ3v) is 8.21. The summed E-state index contributed by atoms with van der Waals surface area (Å²) < 4.78 is 0. The van der Waals surface area contributed by atoms with Crippen LogP contribution in [0, 0.1) is 0 Å². The first-order chi connectivity index (χ1) is 15.8. The molecule has 5 nitrogen and oxygen atoms in total. The number of aromatic nitrogens is 1. The van der Waals surface area contributed by atoms with Gasteiger partial charge >= 0.3 is 0 Å². The molecule has 0 saturated heterocycles. The molecule has 1 atom stereocenters. The summed E-state index contributed by atoms with van der Waals surface area (Å²) in [6.45, 7) is 10.6. The third kappa shape index (κ3) is 5.84. The molecule has 1 unspecified atom stereocenters. The number of benzene rings is 1. The summed E-state index contributed by atoms with van der Waals surface area (Å²) in [6, 6.07) is 12.5. The van der Waals surface area contributed by atoms with Gasteiger partial charge in [0, 0.05) is 35.4 Å². The lowest BCUT2D eigenvalue weighted by atomic mass is 9.63. The van der Waals surface area contributed by atoms with Gasteiger partial charge in [-0.25, -0.2) is 0 Å². The van der Waals surface area contributed by atoms with E-state index in [1.54, 1.807) is 36.8 Å². The molecule has 1 aromatic carbocycles. The summed E-state index contributed by atoms with van der Waals surface area (Å²) in [5.41, 5.74) is 11.8. The molecule has 2 aliphatic rings. The molecular formula is C26H32N4OS2. The Labute approximate surface area is 205 Å². The molecule has 2 aromatic rings. The van der Waals surface area contributed by atoms with Crippen LogP contribution in [-0.2, 0) is 5.54 Å². The van der Waals surface area contributed by atoms with Crippen LogP contribution >= 0.6 is 23.5 Å². The van der Waals surface area contributed by atoms with Crippen LogP contribution in [0.1, 0.15) is 43.4 Å². The van der Waals surface area contributed by atoms with Gasteiger partial charge in [0.05, 0.1) is 28.0 Å². The Morgan fingerprint density at radius 3 is 2.48 bits per heavy atom. The fourth-order valence-corrected chi connectivity index (χ4v) is 6.17. The van der Waals surface area contributed by atoms with E-state index < -0.39 is 11.1 Å². The predicted octanol–water partition coefficient (Wildman–Crippen LogP) is 5.38. The molecule has 1 aromatic heterocycles. The highest BCUT2D eigenvalue weighted by molar-refractivity contribution is 8.24. The van der Waals surface area contributed by atoms with Crippen molar-refractivity contribution in [1.82, 2.24) is 4.98 Å². The Bertz CT molecular complexity index is 1040. The highest BCUT2D eigenvalue weighted by atomic mass is 32.2. The van der Waals surface area contributed by atoms with E-state index in [-0.39, 0.29) is 5.25 Å². The quantitative estimate of drug-likeness (QED) is 0.330. The van der Waals surface area contributed by atoms with E-state index in [0.29, 0.717) is 19.4 Å². The lowest BCUT2D eigenvalue weighted by Crippen LogP contribution is -2.58. The third-order valence-electron chi connectivity index (χ3n) is 5.72. The summed E-state index contributed by atoms with van der Waals surface area (Å²) in [4.78, 5) is 14.5. The first kappa shape index (κ1) is 25.4. The second-order valence-corrected chi connectivity index (χ2v) is 10.8. The molecule has 1 fully saturated rings. The van der Waals surface area contributed by atoms with Crippen molar-refractivity contribution in [2.45, 2.75) is 43.1 Å². The van der Waals surface area contributed by atoms with Gasteiger partial charge in [0.25, 0.3) is 0 Å². The van der Waals surface area contributed by atoms with Crippen LogP contribution < -0.4 is 5.73 Å². The summed E-state index contributed by atoms with van der Waals surface area (Å²) in [5.74, 6) is 0. The lowest BCUT2D eigenvalue weighted by molar-refractivity contribution is -0.0738. The number of aliphatic hydroxyl groups is 1. The first-order valence-electron chi connectivity index (χ1n) is 10.9. The van der Waals surface area contributed by atoms with Crippen molar-refractivity contribution >= 4 is 44.6 Å². The number of rotatable bonds is 6. The van der Waals surface area contributed by atoms with E-state index in [1.165, 1.54) is 10.5 Å². The second kappa shape index (κ2) is 10.8. The van der Waals surface area contributed by atoms with Gasteiger partial charge in [-0.3, -0.25) is 15.0 Å². The maximum Gasteiger partial charge on any atom is 0.0859 e. The Kier molecular flexibility index (Phi) is 8.34. The topological polar surface area (TPSA) is 83.9 Å². The zero-order chi connectivity index (χ0) is 24.1. The molecule has 3 N–H and O–H groups in total. The Morgan fingerprint density at radius 2 is 1.91 bits per heavy atom. The molecule has 33 heavy (non-hydrogen) atoms. The van der Waals surface area contributed by atoms with Crippen molar-refractivity contribution in [3.8, 4) is 0 Å². The lowest BCUT2D eigenvalue weighted by Gasteiger charge is -2.49. The van der Waals surface area contributed by atoms with E-state index in [9.17, 15) is 5.11 Å². The fourth-order valence-electron chi connectivity index (χ4n) is 4.32. The monoisotopic (exact) mass is 480 g/mol. The molecule has 1 aliphatic heterocycles. The molecule has 2 heterocycles. The molecule has 0 amide bonds. The Balaban J connectivity index is 0.00000149. The number of aliphatic imine (C=N–C) groups is 2. The zero-order valence-electron chi connectivity index (χ0n) is 19.5. The molecule has 4 rings (SSSR count). The average Bonchev–Trinajstić information content (AvgIpc) is 2.83.